The topological polar surface area (TPSA) is 84.9 Å². The second-order valence-corrected chi connectivity index (χ2v) is 6.54. The first kappa shape index (κ1) is 21.3. The molecular formula is C21H18ClFN2O5. The zero-order chi connectivity index (χ0) is 21.8. The number of urea groups is 1. The molecule has 30 heavy (non-hydrogen) atoms. The van der Waals surface area contributed by atoms with Crippen molar-refractivity contribution >= 4 is 41.2 Å². The number of benzene rings is 2. The highest BCUT2D eigenvalue weighted by molar-refractivity contribution is 6.39. The van der Waals surface area contributed by atoms with E-state index in [4.69, 9.17) is 21.1 Å². The Morgan fingerprint density at radius 1 is 1.07 bits per heavy atom. The summed E-state index contributed by atoms with van der Waals surface area (Å²) in [4.78, 5) is 38.2. The summed E-state index contributed by atoms with van der Waals surface area (Å²) in [6.07, 6.45) is 1.30. The van der Waals surface area contributed by atoms with Gasteiger partial charge in [-0.1, -0.05) is 11.6 Å². The first-order valence-electron chi connectivity index (χ1n) is 9.11. The number of carbonyl (C=O) groups is 3. The number of rotatable bonds is 6. The van der Waals surface area contributed by atoms with Crippen LogP contribution in [0, 0.1) is 5.82 Å². The molecule has 2 aromatic carbocycles. The summed E-state index contributed by atoms with van der Waals surface area (Å²) in [5, 5.41) is 2.35. The molecule has 3 rings (SSSR count). The van der Waals surface area contributed by atoms with E-state index in [1.165, 1.54) is 24.3 Å². The lowest BCUT2D eigenvalue weighted by Gasteiger charge is -2.26. The summed E-state index contributed by atoms with van der Waals surface area (Å²) in [5.74, 6) is -1.52. The van der Waals surface area contributed by atoms with Gasteiger partial charge in [-0.3, -0.25) is 14.9 Å². The predicted molar refractivity (Wildman–Crippen MR) is 109 cm³/mol. The highest BCUT2D eigenvalue weighted by atomic mass is 35.5. The monoisotopic (exact) mass is 432 g/mol. The maximum atomic E-state index is 13.2. The molecule has 1 saturated heterocycles. The zero-order valence-corrected chi connectivity index (χ0v) is 17.0. The van der Waals surface area contributed by atoms with Crippen LogP contribution in [0.1, 0.15) is 19.4 Å². The lowest BCUT2D eigenvalue weighted by atomic mass is 10.1. The fourth-order valence-electron chi connectivity index (χ4n) is 2.87. The molecule has 7 nitrogen and oxygen atoms in total. The highest BCUT2D eigenvalue weighted by Gasteiger charge is 2.36. The molecule has 4 amide bonds. The van der Waals surface area contributed by atoms with Gasteiger partial charge in [0.25, 0.3) is 11.8 Å². The first-order chi connectivity index (χ1) is 14.3. The molecule has 0 saturated carbocycles. The SMILES string of the molecule is CCOc1cc(/C=C2\C(=O)NC(=O)N(c3ccc(F)cc3)C2=O)cc(Cl)c1OCC. The van der Waals surface area contributed by atoms with E-state index in [9.17, 15) is 18.8 Å². The Bertz CT molecular complexity index is 1040. The molecule has 0 radical (unpaired) electrons. The number of nitrogens with zero attached hydrogens (tertiary/aromatic N) is 1. The van der Waals surface area contributed by atoms with Gasteiger partial charge in [-0.15, -0.1) is 0 Å². The normalized spacial score (nSPS) is 15.4. The van der Waals surface area contributed by atoms with Crippen LogP contribution in [0.2, 0.25) is 5.02 Å². The van der Waals surface area contributed by atoms with Crippen molar-refractivity contribution in [1.82, 2.24) is 5.32 Å². The summed E-state index contributed by atoms with van der Waals surface area (Å²) >= 11 is 6.28. The maximum absolute atomic E-state index is 13.2. The lowest BCUT2D eigenvalue weighted by Crippen LogP contribution is -2.54. The van der Waals surface area contributed by atoms with Crippen LogP contribution in [0.25, 0.3) is 6.08 Å². The Morgan fingerprint density at radius 2 is 1.73 bits per heavy atom. The van der Waals surface area contributed by atoms with E-state index in [1.54, 1.807) is 19.9 Å². The average Bonchev–Trinajstić information content (AvgIpc) is 2.69. The van der Waals surface area contributed by atoms with Gasteiger partial charge in [0.2, 0.25) is 0 Å². The molecule has 9 heteroatoms. The predicted octanol–water partition coefficient (Wildman–Crippen LogP) is 3.94. The van der Waals surface area contributed by atoms with Crippen LogP contribution in [-0.2, 0) is 9.59 Å². The average molecular weight is 433 g/mol. The molecule has 0 bridgehead atoms. The van der Waals surface area contributed by atoms with Crippen molar-refractivity contribution in [2.75, 3.05) is 18.1 Å². The molecule has 0 aliphatic carbocycles. The molecule has 1 N–H and O–H groups in total. The summed E-state index contributed by atoms with van der Waals surface area (Å²) in [5.41, 5.74) is 0.234. The number of imide groups is 2. The first-order valence-corrected chi connectivity index (χ1v) is 9.49. The van der Waals surface area contributed by atoms with Gasteiger partial charge in [0.1, 0.15) is 11.4 Å². The molecular weight excluding hydrogens is 415 g/mol. The van der Waals surface area contributed by atoms with Gasteiger partial charge in [0, 0.05) is 0 Å². The standard InChI is InChI=1S/C21H18ClFN2O5/c1-3-29-17-11-12(10-16(22)18(17)30-4-2)9-15-19(26)24-21(28)25(20(15)27)14-7-5-13(23)6-8-14/h5-11H,3-4H2,1-2H3,(H,24,26,28)/b15-9+. The van der Waals surface area contributed by atoms with Gasteiger partial charge in [-0.25, -0.2) is 14.1 Å². The maximum Gasteiger partial charge on any atom is 0.335 e. The van der Waals surface area contributed by atoms with Crippen LogP contribution in [0.4, 0.5) is 14.9 Å². The van der Waals surface area contributed by atoms with Gasteiger partial charge in [0.15, 0.2) is 11.5 Å². The van der Waals surface area contributed by atoms with Crippen molar-refractivity contribution in [3.63, 3.8) is 0 Å². The van der Waals surface area contributed by atoms with Crippen molar-refractivity contribution in [1.29, 1.82) is 0 Å². The number of ether oxygens (including phenoxy) is 2. The summed E-state index contributed by atoms with van der Waals surface area (Å²) < 4.78 is 24.2. The van der Waals surface area contributed by atoms with Crippen molar-refractivity contribution in [3.8, 4) is 11.5 Å². The minimum absolute atomic E-state index is 0.122. The van der Waals surface area contributed by atoms with E-state index in [0.29, 0.717) is 30.3 Å². The van der Waals surface area contributed by atoms with Crippen molar-refractivity contribution in [2.24, 2.45) is 0 Å². The van der Waals surface area contributed by atoms with Gasteiger partial charge in [-0.2, -0.15) is 0 Å². The fraction of sp³-hybridized carbons (Fsp3) is 0.190. The zero-order valence-electron chi connectivity index (χ0n) is 16.2. The molecule has 0 aromatic heterocycles. The van der Waals surface area contributed by atoms with Crippen LogP contribution in [0.3, 0.4) is 0 Å². The third-order valence-corrected chi connectivity index (χ3v) is 4.40. The molecule has 2 aromatic rings. The number of carbonyl (C=O) groups excluding carboxylic acids is 3. The van der Waals surface area contributed by atoms with Crippen LogP contribution < -0.4 is 19.7 Å². The second kappa shape index (κ2) is 8.96. The summed E-state index contributed by atoms with van der Waals surface area (Å²) in [6.45, 7) is 4.31. The van der Waals surface area contributed by atoms with E-state index >= 15 is 0 Å². The number of amides is 4. The smallest absolute Gasteiger partial charge is 0.335 e. The van der Waals surface area contributed by atoms with E-state index in [-0.39, 0.29) is 16.3 Å². The van der Waals surface area contributed by atoms with Crippen molar-refractivity contribution in [2.45, 2.75) is 13.8 Å². The second-order valence-electron chi connectivity index (χ2n) is 6.13. The molecule has 0 spiro atoms. The summed E-state index contributed by atoms with van der Waals surface area (Å²) in [7, 11) is 0. The number of barbiturate groups is 1. The number of hydrogen-bond donors (Lipinski definition) is 1. The van der Waals surface area contributed by atoms with Crippen molar-refractivity contribution in [3.05, 3.63) is 58.4 Å². The molecule has 0 unspecified atom stereocenters. The summed E-state index contributed by atoms with van der Waals surface area (Å²) in [6, 6.07) is 6.91. The minimum atomic E-state index is -0.923. The quantitative estimate of drug-likeness (QED) is 0.552. The molecule has 1 aliphatic rings. The number of halogens is 2. The van der Waals surface area contributed by atoms with E-state index in [0.717, 1.165) is 17.0 Å². The van der Waals surface area contributed by atoms with Gasteiger partial charge in [-0.05, 0) is 61.9 Å². The third-order valence-electron chi connectivity index (χ3n) is 4.12. The Hall–Kier alpha value is -3.39. The van der Waals surface area contributed by atoms with Crippen molar-refractivity contribution < 1.29 is 28.2 Å². The Balaban J connectivity index is 2.03. The van der Waals surface area contributed by atoms with E-state index in [2.05, 4.69) is 5.32 Å². The van der Waals surface area contributed by atoms with Gasteiger partial charge in [0.05, 0.1) is 23.9 Å². The van der Waals surface area contributed by atoms with Crippen LogP contribution >= 0.6 is 11.6 Å². The molecule has 1 aliphatic heterocycles. The van der Waals surface area contributed by atoms with E-state index in [1.807, 2.05) is 0 Å². The van der Waals surface area contributed by atoms with Crippen LogP contribution in [0.5, 0.6) is 11.5 Å². The Labute approximate surface area is 177 Å². The van der Waals surface area contributed by atoms with Gasteiger partial charge < -0.3 is 9.47 Å². The molecule has 0 atom stereocenters. The number of nitrogens with one attached hydrogen (secondary N) is 1. The Kier molecular flexibility index (Phi) is 6.37. The molecule has 1 fully saturated rings. The Morgan fingerprint density at radius 3 is 2.37 bits per heavy atom. The third kappa shape index (κ3) is 4.28. The molecule has 1 heterocycles. The van der Waals surface area contributed by atoms with Gasteiger partial charge >= 0.3 is 6.03 Å². The lowest BCUT2D eigenvalue weighted by molar-refractivity contribution is -0.122. The number of anilines is 1. The van der Waals surface area contributed by atoms with Crippen LogP contribution in [-0.4, -0.2) is 31.1 Å². The van der Waals surface area contributed by atoms with Crippen LogP contribution in [0.15, 0.2) is 42.0 Å². The fourth-order valence-corrected chi connectivity index (χ4v) is 3.14. The largest absolute Gasteiger partial charge is 0.490 e. The minimum Gasteiger partial charge on any atom is -0.490 e. The van der Waals surface area contributed by atoms with E-state index < -0.39 is 23.7 Å². The molecule has 156 valence electrons. The highest BCUT2D eigenvalue weighted by Crippen LogP contribution is 2.37. The number of hydrogen-bond acceptors (Lipinski definition) is 5.